The molecular weight excluding hydrogens is 350 g/mol. The molecule has 0 aliphatic carbocycles. The van der Waals surface area contributed by atoms with E-state index in [1.807, 2.05) is 19.9 Å². The second-order valence-corrected chi connectivity index (χ2v) is 10.4. The first kappa shape index (κ1) is 18.9. The third-order valence-corrected chi connectivity index (χ3v) is 8.10. The van der Waals surface area contributed by atoms with Gasteiger partial charge in [0.15, 0.2) is 9.84 Å². The highest BCUT2D eigenvalue weighted by Crippen LogP contribution is 2.26. The van der Waals surface area contributed by atoms with Gasteiger partial charge >= 0.3 is 0 Å². The molecule has 1 fully saturated rings. The van der Waals surface area contributed by atoms with E-state index in [0.717, 1.165) is 11.1 Å². The van der Waals surface area contributed by atoms with Gasteiger partial charge in [0, 0.05) is 6.42 Å². The number of carbonyl (C=O) groups is 1. The van der Waals surface area contributed by atoms with Crippen LogP contribution in [-0.2, 0) is 24.7 Å². The van der Waals surface area contributed by atoms with E-state index in [1.54, 1.807) is 13.8 Å². The zero-order valence-corrected chi connectivity index (χ0v) is 16.0. The molecule has 1 aromatic rings. The third kappa shape index (κ3) is 3.97. The maximum atomic E-state index is 12.6. The number of hydrogen-bond donors (Lipinski definition) is 1. The van der Waals surface area contributed by atoms with Crippen molar-refractivity contribution >= 4 is 25.8 Å². The van der Waals surface area contributed by atoms with Gasteiger partial charge in [0.25, 0.3) is 10.0 Å². The molecule has 1 aliphatic rings. The smallest absolute Gasteiger partial charge is 0.264 e. The lowest BCUT2D eigenvalue weighted by molar-refractivity contribution is -0.120. The van der Waals surface area contributed by atoms with E-state index < -0.39 is 25.8 Å². The predicted molar refractivity (Wildman–Crippen MR) is 92.1 cm³/mol. The van der Waals surface area contributed by atoms with Crippen molar-refractivity contribution in [1.29, 1.82) is 0 Å². The molecule has 1 saturated heterocycles. The quantitative estimate of drug-likeness (QED) is 0.863. The summed E-state index contributed by atoms with van der Waals surface area (Å²) >= 11 is 0. The van der Waals surface area contributed by atoms with E-state index in [9.17, 15) is 21.6 Å². The van der Waals surface area contributed by atoms with E-state index >= 15 is 0 Å². The van der Waals surface area contributed by atoms with Crippen molar-refractivity contribution in [1.82, 2.24) is 4.72 Å². The minimum atomic E-state index is -3.99. The first-order valence-electron chi connectivity index (χ1n) is 7.76. The van der Waals surface area contributed by atoms with Crippen molar-refractivity contribution in [2.24, 2.45) is 5.92 Å². The van der Waals surface area contributed by atoms with Gasteiger partial charge in [-0.3, -0.25) is 4.79 Å². The zero-order chi connectivity index (χ0) is 18.3. The monoisotopic (exact) mass is 373 g/mol. The molecule has 0 saturated carbocycles. The molecule has 2 rings (SSSR count). The fraction of sp³-hybridized carbons (Fsp3) is 0.562. The van der Waals surface area contributed by atoms with Gasteiger partial charge in [0.1, 0.15) is 0 Å². The summed E-state index contributed by atoms with van der Waals surface area (Å²) in [5.74, 6) is -0.962. The van der Waals surface area contributed by atoms with Crippen LogP contribution >= 0.6 is 0 Å². The van der Waals surface area contributed by atoms with Gasteiger partial charge in [0.2, 0.25) is 5.91 Å². The molecule has 6 nitrogen and oxygen atoms in total. The summed E-state index contributed by atoms with van der Waals surface area (Å²) in [5.41, 5.74) is 2.91. The van der Waals surface area contributed by atoms with Crippen molar-refractivity contribution in [3.8, 4) is 0 Å². The maximum absolute atomic E-state index is 12.6. The number of rotatable bonds is 4. The highest BCUT2D eigenvalue weighted by atomic mass is 32.2. The molecule has 24 heavy (non-hydrogen) atoms. The summed E-state index contributed by atoms with van der Waals surface area (Å²) < 4.78 is 50.3. The molecule has 1 aromatic carbocycles. The van der Waals surface area contributed by atoms with Gasteiger partial charge in [-0.05, 0) is 62.3 Å². The number of carbonyl (C=O) groups excluding carboxylic acids is 1. The average Bonchev–Trinajstić information content (AvgIpc) is 2.74. The van der Waals surface area contributed by atoms with Crippen LogP contribution in [0.5, 0.6) is 0 Å². The molecule has 1 atom stereocenters. The van der Waals surface area contributed by atoms with Gasteiger partial charge in [-0.2, -0.15) is 0 Å². The molecule has 8 heteroatoms. The molecule has 0 radical (unpaired) electrons. The van der Waals surface area contributed by atoms with Crippen molar-refractivity contribution < 1.29 is 21.6 Å². The standard InChI is InChI=1S/C16H23NO5S2/c1-10-7-11(2)13(4)16(12(10)3)24(21,22)17-15(18)8-14-5-6-23(19,20)9-14/h7,14H,5-6,8-9H2,1-4H3,(H,17,18). The summed E-state index contributed by atoms with van der Waals surface area (Å²) in [7, 11) is -7.08. The van der Waals surface area contributed by atoms with Crippen LogP contribution in [0.25, 0.3) is 0 Å². The van der Waals surface area contributed by atoms with Gasteiger partial charge < -0.3 is 0 Å². The van der Waals surface area contributed by atoms with Gasteiger partial charge in [-0.1, -0.05) is 6.07 Å². The van der Waals surface area contributed by atoms with Crippen LogP contribution in [0.3, 0.4) is 0 Å². The topological polar surface area (TPSA) is 97.4 Å². The number of amides is 1. The number of hydrogen-bond acceptors (Lipinski definition) is 5. The zero-order valence-electron chi connectivity index (χ0n) is 14.3. The summed E-state index contributed by atoms with van der Waals surface area (Å²) in [4.78, 5) is 12.2. The molecule has 0 spiro atoms. The van der Waals surface area contributed by atoms with Gasteiger partial charge in [-0.25, -0.2) is 21.6 Å². The van der Waals surface area contributed by atoms with Crippen LogP contribution in [0.4, 0.5) is 0 Å². The summed E-state index contributed by atoms with van der Waals surface area (Å²) in [6.45, 7) is 7.08. The fourth-order valence-electron chi connectivity index (χ4n) is 3.12. The highest BCUT2D eigenvalue weighted by Gasteiger charge is 2.31. The summed E-state index contributed by atoms with van der Waals surface area (Å²) in [6.07, 6.45) is 0.304. The Morgan fingerprint density at radius 3 is 2.17 bits per heavy atom. The van der Waals surface area contributed by atoms with Crippen molar-refractivity contribution in [2.75, 3.05) is 11.5 Å². The molecule has 1 unspecified atom stereocenters. The maximum Gasteiger partial charge on any atom is 0.264 e. The Kier molecular flexibility index (Phi) is 5.11. The van der Waals surface area contributed by atoms with Crippen LogP contribution in [0.1, 0.15) is 35.1 Å². The first-order chi connectivity index (χ1) is 10.9. The van der Waals surface area contributed by atoms with E-state index in [4.69, 9.17) is 0 Å². The minimum Gasteiger partial charge on any atom is -0.274 e. The minimum absolute atomic E-state index is 0.0535. The van der Waals surface area contributed by atoms with Crippen molar-refractivity contribution in [2.45, 2.75) is 45.4 Å². The molecule has 1 amide bonds. The van der Waals surface area contributed by atoms with Crippen LogP contribution in [0, 0.1) is 33.6 Å². The largest absolute Gasteiger partial charge is 0.274 e. The lowest BCUT2D eigenvalue weighted by Crippen LogP contribution is -2.33. The van der Waals surface area contributed by atoms with Crippen LogP contribution in [0.15, 0.2) is 11.0 Å². The SMILES string of the molecule is Cc1cc(C)c(C)c(S(=O)(=O)NC(=O)CC2CCS(=O)(=O)C2)c1C. The third-order valence-electron chi connectivity index (χ3n) is 4.61. The van der Waals surface area contributed by atoms with Crippen molar-refractivity contribution in [3.05, 3.63) is 28.3 Å². The number of sulfonamides is 1. The molecule has 134 valence electrons. The van der Waals surface area contributed by atoms with Crippen LogP contribution in [0.2, 0.25) is 0 Å². The van der Waals surface area contributed by atoms with E-state index in [1.165, 1.54) is 0 Å². The summed E-state index contributed by atoms with van der Waals surface area (Å²) in [5, 5.41) is 0. The first-order valence-corrected chi connectivity index (χ1v) is 11.1. The Balaban J connectivity index is 2.22. The van der Waals surface area contributed by atoms with E-state index in [0.29, 0.717) is 17.5 Å². The predicted octanol–water partition coefficient (Wildman–Crippen LogP) is 1.55. The van der Waals surface area contributed by atoms with Gasteiger partial charge in [0.05, 0.1) is 16.4 Å². The second-order valence-electron chi connectivity index (χ2n) is 6.59. The number of aryl methyl sites for hydroxylation is 2. The van der Waals surface area contributed by atoms with E-state index in [-0.39, 0.29) is 28.7 Å². The average molecular weight is 373 g/mol. The van der Waals surface area contributed by atoms with Crippen molar-refractivity contribution in [3.63, 3.8) is 0 Å². The Morgan fingerprint density at radius 2 is 1.71 bits per heavy atom. The molecule has 0 aromatic heterocycles. The number of nitrogens with one attached hydrogen (secondary N) is 1. The van der Waals surface area contributed by atoms with E-state index in [2.05, 4.69) is 4.72 Å². The molecule has 1 N–H and O–H groups in total. The van der Waals surface area contributed by atoms with Crippen LogP contribution in [-0.4, -0.2) is 34.2 Å². The lowest BCUT2D eigenvalue weighted by Gasteiger charge is -2.16. The Bertz CT molecular complexity index is 859. The Morgan fingerprint density at radius 1 is 1.17 bits per heavy atom. The molecule has 1 heterocycles. The Labute approximate surface area is 143 Å². The normalized spacial score (nSPS) is 20.1. The fourth-order valence-corrected chi connectivity index (χ4v) is 6.60. The highest BCUT2D eigenvalue weighted by molar-refractivity contribution is 7.91. The number of benzene rings is 1. The Hall–Kier alpha value is -1.41. The van der Waals surface area contributed by atoms with Crippen LogP contribution < -0.4 is 4.72 Å². The lowest BCUT2D eigenvalue weighted by atomic mass is 10.0. The summed E-state index contributed by atoms with van der Waals surface area (Å²) in [6, 6.07) is 1.91. The van der Waals surface area contributed by atoms with Gasteiger partial charge in [-0.15, -0.1) is 0 Å². The molecule has 0 bridgehead atoms. The molecule has 1 aliphatic heterocycles. The molecular formula is C16H23NO5S2. The number of sulfone groups is 1. The second kappa shape index (κ2) is 6.48.